The van der Waals surface area contributed by atoms with E-state index in [2.05, 4.69) is 26.6 Å². The van der Waals surface area contributed by atoms with Gasteiger partial charge in [0.1, 0.15) is 0 Å². The summed E-state index contributed by atoms with van der Waals surface area (Å²) in [4.78, 5) is 22.8. The number of urea groups is 1. The van der Waals surface area contributed by atoms with Gasteiger partial charge in [0.2, 0.25) is 0 Å². The topological polar surface area (TPSA) is 98.7 Å². The number of aliphatic hydroxyl groups is 1. The molecule has 0 aliphatic carbocycles. The minimum atomic E-state index is -1.29. The van der Waals surface area contributed by atoms with Crippen LogP contribution < -0.4 is 10.6 Å². The molecule has 1 unspecified atom stereocenters. The van der Waals surface area contributed by atoms with Gasteiger partial charge in [-0.3, -0.25) is 0 Å². The van der Waals surface area contributed by atoms with Gasteiger partial charge in [0, 0.05) is 9.35 Å². The maximum Gasteiger partial charge on any atom is 0.328 e. The minimum Gasteiger partial charge on any atom is -0.480 e. The summed E-state index contributed by atoms with van der Waals surface area (Å²) in [5.74, 6) is -1.28. The molecule has 1 aromatic rings. The average molecular weight is 323 g/mol. The van der Waals surface area contributed by atoms with Crippen molar-refractivity contribution in [1.82, 2.24) is 10.6 Å². The monoisotopic (exact) mass is 322 g/mol. The lowest BCUT2D eigenvalue weighted by molar-refractivity contribution is -0.140. The molecule has 0 aromatic carbocycles. The summed E-state index contributed by atoms with van der Waals surface area (Å²) in [6, 6.07) is -0.0681. The first kappa shape index (κ1) is 13.9. The number of thiophene rings is 1. The van der Waals surface area contributed by atoms with Gasteiger partial charge >= 0.3 is 12.0 Å². The van der Waals surface area contributed by atoms with E-state index in [9.17, 15) is 9.59 Å². The van der Waals surface area contributed by atoms with Gasteiger partial charge in [-0.2, -0.15) is 0 Å². The molecule has 1 rings (SSSR count). The van der Waals surface area contributed by atoms with Crippen molar-refractivity contribution in [2.75, 3.05) is 6.61 Å². The smallest absolute Gasteiger partial charge is 0.328 e. The lowest BCUT2D eigenvalue weighted by Crippen LogP contribution is -2.47. The fourth-order valence-electron chi connectivity index (χ4n) is 1.01. The number of halogens is 1. The number of carbonyl (C=O) groups excluding carboxylic acids is 1. The highest BCUT2D eigenvalue weighted by Crippen LogP contribution is 2.21. The Morgan fingerprint density at radius 2 is 2.24 bits per heavy atom. The average Bonchev–Trinajstić information content (AvgIpc) is 2.68. The van der Waals surface area contributed by atoms with Crippen molar-refractivity contribution in [2.45, 2.75) is 12.6 Å². The van der Waals surface area contributed by atoms with Crippen LogP contribution in [-0.2, 0) is 11.3 Å². The summed E-state index contributed by atoms with van der Waals surface area (Å²) in [6.45, 7) is -0.354. The molecular weight excluding hydrogens is 312 g/mol. The number of hydrogen-bond acceptors (Lipinski definition) is 4. The van der Waals surface area contributed by atoms with Crippen LogP contribution in [-0.4, -0.2) is 34.9 Å². The van der Waals surface area contributed by atoms with Crippen molar-refractivity contribution >= 4 is 39.3 Å². The lowest BCUT2D eigenvalue weighted by atomic mass is 10.3. The Hall–Kier alpha value is -1.12. The number of aliphatic hydroxyl groups excluding tert-OH is 1. The van der Waals surface area contributed by atoms with Gasteiger partial charge < -0.3 is 20.8 Å². The molecule has 0 radical (unpaired) electrons. The second-order valence-electron chi connectivity index (χ2n) is 3.09. The highest BCUT2D eigenvalue weighted by atomic mass is 79.9. The van der Waals surface area contributed by atoms with Gasteiger partial charge in [0.05, 0.1) is 13.2 Å². The van der Waals surface area contributed by atoms with E-state index in [1.165, 1.54) is 11.3 Å². The third-order valence-corrected chi connectivity index (χ3v) is 3.81. The van der Waals surface area contributed by atoms with Crippen molar-refractivity contribution in [3.8, 4) is 0 Å². The number of carbonyl (C=O) groups is 2. The molecule has 2 amide bonds. The number of carboxylic acids is 1. The molecule has 1 heterocycles. The summed E-state index contributed by atoms with van der Waals surface area (Å²) in [5, 5.41) is 23.8. The highest BCUT2D eigenvalue weighted by Gasteiger charge is 2.18. The quantitative estimate of drug-likeness (QED) is 0.643. The lowest BCUT2D eigenvalue weighted by Gasteiger charge is -2.12. The molecule has 0 saturated carbocycles. The van der Waals surface area contributed by atoms with Crippen LogP contribution in [0.15, 0.2) is 15.9 Å². The molecule has 0 aliphatic rings. The van der Waals surface area contributed by atoms with E-state index < -0.39 is 24.6 Å². The standard InChI is InChI=1S/C9H11BrN2O4S/c10-5-1-2-17-7(5)3-11-9(16)12-6(4-13)8(14)15/h1-2,6,13H,3-4H2,(H,14,15)(H2,11,12,16). The SMILES string of the molecule is O=C(NCc1sccc1Br)NC(CO)C(=O)O. The largest absolute Gasteiger partial charge is 0.480 e. The van der Waals surface area contributed by atoms with Crippen LogP contribution in [0.5, 0.6) is 0 Å². The third kappa shape index (κ3) is 4.33. The Labute approximate surface area is 110 Å². The number of rotatable bonds is 5. The first-order valence-corrected chi connectivity index (χ1v) is 6.31. The van der Waals surface area contributed by atoms with Crippen molar-refractivity contribution in [1.29, 1.82) is 0 Å². The van der Waals surface area contributed by atoms with Gasteiger partial charge in [-0.25, -0.2) is 9.59 Å². The molecular formula is C9H11BrN2O4S. The zero-order valence-corrected chi connectivity index (χ0v) is 11.0. The predicted octanol–water partition coefficient (Wildman–Crippen LogP) is 0.755. The van der Waals surface area contributed by atoms with Gasteiger partial charge in [-0.1, -0.05) is 0 Å². The van der Waals surface area contributed by atoms with Crippen LogP contribution in [0, 0.1) is 0 Å². The zero-order valence-electron chi connectivity index (χ0n) is 8.64. The number of carboxylic acid groups (broad SMARTS) is 1. The molecule has 94 valence electrons. The van der Waals surface area contributed by atoms with Gasteiger partial charge in [0.25, 0.3) is 0 Å². The van der Waals surface area contributed by atoms with E-state index in [1.54, 1.807) is 0 Å². The van der Waals surface area contributed by atoms with Crippen LogP contribution in [0.3, 0.4) is 0 Å². The number of nitrogens with one attached hydrogen (secondary N) is 2. The molecule has 0 spiro atoms. The van der Waals surface area contributed by atoms with E-state index in [0.29, 0.717) is 6.54 Å². The van der Waals surface area contributed by atoms with Crippen LogP contribution in [0.4, 0.5) is 4.79 Å². The molecule has 8 heteroatoms. The van der Waals surface area contributed by atoms with Crippen LogP contribution in [0.25, 0.3) is 0 Å². The maximum absolute atomic E-state index is 11.3. The van der Waals surface area contributed by atoms with Crippen molar-refractivity contribution in [3.05, 3.63) is 20.8 Å². The molecule has 0 saturated heterocycles. The highest BCUT2D eigenvalue weighted by molar-refractivity contribution is 9.10. The summed E-state index contributed by atoms with van der Waals surface area (Å²) in [7, 11) is 0. The molecule has 1 atom stereocenters. The molecule has 0 bridgehead atoms. The minimum absolute atomic E-state index is 0.294. The number of aliphatic carboxylic acids is 1. The van der Waals surface area contributed by atoms with Gasteiger partial charge in [-0.05, 0) is 27.4 Å². The number of hydrogen-bond donors (Lipinski definition) is 4. The Kier molecular flexibility index (Phi) is 5.39. The van der Waals surface area contributed by atoms with Crippen LogP contribution >= 0.6 is 27.3 Å². The molecule has 17 heavy (non-hydrogen) atoms. The second-order valence-corrected chi connectivity index (χ2v) is 4.95. The molecule has 0 aliphatic heterocycles. The summed E-state index contributed by atoms with van der Waals surface area (Å²) in [6.07, 6.45) is 0. The molecule has 0 fully saturated rings. The summed E-state index contributed by atoms with van der Waals surface area (Å²) >= 11 is 4.78. The molecule has 1 aromatic heterocycles. The van der Waals surface area contributed by atoms with E-state index in [1.807, 2.05) is 11.4 Å². The van der Waals surface area contributed by atoms with E-state index in [4.69, 9.17) is 10.2 Å². The Bertz CT molecular complexity index is 409. The Balaban J connectivity index is 2.40. The van der Waals surface area contributed by atoms with Gasteiger partial charge in [0.15, 0.2) is 6.04 Å². The van der Waals surface area contributed by atoms with E-state index in [0.717, 1.165) is 9.35 Å². The van der Waals surface area contributed by atoms with Crippen LogP contribution in [0.2, 0.25) is 0 Å². The Morgan fingerprint density at radius 3 is 2.71 bits per heavy atom. The van der Waals surface area contributed by atoms with Crippen molar-refractivity contribution < 1.29 is 19.8 Å². The predicted molar refractivity (Wildman–Crippen MR) is 65.9 cm³/mol. The van der Waals surface area contributed by atoms with E-state index >= 15 is 0 Å². The first-order chi connectivity index (χ1) is 8.04. The fraction of sp³-hybridized carbons (Fsp3) is 0.333. The van der Waals surface area contributed by atoms with Gasteiger partial charge in [-0.15, -0.1) is 11.3 Å². The third-order valence-electron chi connectivity index (χ3n) is 1.89. The normalized spacial score (nSPS) is 11.9. The van der Waals surface area contributed by atoms with Crippen LogP contribution in [0.1, 0.15) is 4.88 Å². The zero-order chi connectivity index (χ0) is 12.8. The molecule has 4 N–H and O–H groups in total. The van der Waals surface area contributed by atoms with Crippen molar-refractivity contribution in [3.63, 3.8) is 0 Å². The fourth-order valence-corrected chi connectivity index (χ4v) is 2.44. The maximum atomic E-state index is 11.3. The Morgan fingerprint density at radius 1 is 1.53 bits per heavy atom. The number of amides is 2. The van der Waals surface area contributed by atoms with E-state index in [-0.39, 0.29) is 0 Å². The summed E-state index contributed by atoms with van der Waals surface area (Å²) in [5.41, 5.74) is 0. The molecule has 6 nitrogen and oxygen atoms in total. The van der Waals surface area contributed by atoms with Crippen molar-refractivity contribution in [2.24, 2.45) is 0 Å². The first-order valence-electron chi connectivity index (χ1n) is 4.64. The summed E-state index contributed by atoms with van der Waals surface area (Å²) < 4.78 is 0.889. The second kappa shape index (κ2) is 6.58.